The normalized spacial score (nSPS) is 19.1. The number of nitrogens with zero attached hydrogens (tertiary/aromatic N) is 1. The van der Waals surface area contributed by atoms with Crippen LogP contribution in [0.4, 0.5) is 4.39 Å². The Bertz CT molecular complexity index is 969. The van der Waals surface area contributed by atoms with Crippen molar-refractivity contribution in [3.63, 3.8) is 0 Å². The highest BCUT2D eigenvalue weighted by Crippen LogP contribution is 2.25. The Balaban J connectivity index is 1.97. The minimum atomic E-state index is -3.11. The molecule has 0 unspecified atom stereocenters. The molecule has 27 heavy (non-hydrogen) atoms. The van der Waals surface area contributed by atoms with E-state index in [1.54, 1.807) is 37.4 Å². The minimum Gasteiger partial charge on any atom is -0.338 e. The van der Waals surface area contributed by atoms with Crippen LogP contribution in [0.25, 0.3) is 11.6 Å². The quantitative estimate of drug-likeness (QED) is 0.574. The Morgan fingerprint density at radius 1 is 1.15 bits per heavy atom. The maximum Gasteiger partial charge on any atom is 0.254 e. The van der Waals surface area contributed by atoms with E-state index in [1.165, 1.54) is 29.2 Å². The highest BCUT2D eigenvalue weighted by molar-refractivity contribution is 7.91. The van der Waals surface area contributed by atoms with E-state index in [0.717, 1.165) is 5.56 Å². The molecular weight excluding hydrogens is 389 g/mol. The Labute approximate surface area is 163 Å². The van der Waals surface area contributed by atoms with Crippen LogP contribution in [0.5, 0.6) is 0 Å². The van der Waals surface area contributed by atoms with Gasteiger partial charge in [-0.15, -0.1) is 0 Å². The zero-order chi connectivity index (χ0) is 19.6. The van der Waals surface area contributed by atoms with Crippen molar-refractivity contribution in [1.82, 2.24) is 4.90 Å². The fourth-order valence-corrected chi connectivity index (χ4v) is 4.96. The van der Waals surface area contributed by atoms with Gasteiger partial charge in [0.15, 0.2) is 9.84 Å². The molecule has 4 nitrogen and oxygen atoms in total. The molecule has 2 aromatic rings. The summed E-state index contributed by atoms with van der Waals surface area (Å²) < 4.78 is 36.8. The van der Waals surface area contributed by atoms with Gasteiger partial charge in [0.1, 0.15) is 5.82 Å². The molecule has 1 aliphatic rings. The lowest BCUT2D eigenvalue weighted by Crippen LogP contribution is -2.38. The van der Waals surface area contributed by atoms with Crippen LogP contribution < -0.4 is 0 Å². The molecule has 1 amide bonds. The number of rotatable bonds is 4. The molecule has 2 aromatic carbocycles. The SMILES string of the molecule is CN(C(=O)C(=Cc1ccc(Cl)cc1)c1ccc(F)cc1)[C@H]1CCS(=O)(=O)C1. The third-order valence-electron chi connectivity index (χ3n) is 4.64. The molecule has 1 saturated heterocycles. The molecule has 1 aliphatic heterocycles. The van der Waals surface area contributed by atoms with Gasteiger partial charge in [0.2, 0.25) is 0 Å². The van der Waals surface area contributed by atoms with Gasteiger partial charge in [-0.3, -0.25) is 4.79 Å². The zero-order valence-electron chi connectivity index (χ0n) is 14.7. The van der Waals surface area contributed by atoms with Crippen molar-refractivity contribution >= 4 is 39.0 Å². The minimum absolute atomic E-state index is 0.0348. The average molecular weight is 408 g/mol. The van der Waals surface area contributed by atoms with Gasteiger partial charge in [-0.1, -0.05) is 35.9 Å². The monoisotopic (exact) mass is 407 g/mol. The topological polar surface area (TPSA) is 54.5 Å². The smallest absolute Gasteiger partial charge is 0.254 e. The van der Waals surface area contributed by atoms with Crippen molar-refractivity contribution in [1.29, 1.82) is 0 Å². The Morgan fingerprint density at radius 2 is 1.78 bits per heavy atom. The number of likely N-dealkylation sites (N-methyl/N-ethyl adjacent to an activating group) is 1. The van der Waals surface area contributed by atoms with Crippen LogP contribution in [0.15, 0.2) is 48.5 Å². The molecule has 0 bridgehead atoms. The maximum absolute atomic E-state index is 13.3. The molecule has 3 rings (SSSR count). The van der Waals surface area contributed by atoms with Crippen LogP contribution >= 0.6 is 11.6 Å². The number of halogens is 2. The first-order valence-corrected chi connectivity index (χ1v) is 10.7. The second-order valence-corrected chi connectivity index (χ2v) is 9.25. The van der Waals surface area contributed by atoms with Crippen LogP contribution in [0.2, 0.25) is 5.02 Å². The lowest BCUT2D eigenvalue weighted by atomic mass is 10.0. The summed E-state index contributed by atoms with van der Waals surface area (Å²) in [6.45, 7) is 0. The van der Waals surface area contributed by atoms with Crippen LogP contribution in [-0.2, 0) is 14.6 Å². The number of hydrogen-bond acceptors (Lipinski definition) is 3. The molecule has 142 valence electrons. The lowest BCUT2D eigenvalue weighted by molar-refractivity contribution is -0.125. The summed E-state index contributed by atoms with van der Waals surface area (Å²) in [5.41, 5.74) is 1.69. The molecule has 7 heteroatoms. The van der Waals surface area contributed by atoms with Gasteiger partial charge >= 0.3 is 0 Å². The number of sulfone groups is 1. The first-order chi connectivity index (χ1) is 12.7. The van der Waals surface area contributed by atoms with Gasteiger partial charge in [0.25, 0.3) is 5.91 Å². The van der Waals surface area contributed by atoms with Gasteiger partial charge in [-0.25, -0.2) is 12.8 Å². The van der Waals surface area contributed by atoms with Crippen molar-refractivity contribution in [2.45, 2.75) is 12.5 Å². The molecule has 0 aromatic heterocycles. The fraction of sp³-hybridized carbons (Fsp3) is 0.250. The standard InChI is InChI=1S/C20H19ClFNO3S/c1-23(18-10-11-27(25,26)13-18)20(24)19(15-4-8-17(22)9-5-15)12-14-2-6-16(21)7-3-14/h2-9,12,18H,10-11,13H2,1H3/t18-/m0/s1. The summed E-state index contributed by atoms with van der Waals surface area (Å²) in [5.74, 6) is -0.652. The van der Waals surface area contributed by atoms with E-state index in [1.807, 2.05) is 0 Å². The van der Waals surface area contributed by atoms with Gasteiger partial charge in [0.05, 0.1) is 11.5 Å². The van der Waals surface area contributed by atoms with Crippen molar-refractivity contribution in [3.05, 3.63) is 70.5 Å². The Kier molecular flexibility index (Phi) is 5.67. The van der Waals surface area contributed by atoms with Gasteiger partial charge in [-0.2, -0.15) is 0 Å². The predicted octanol–water partition coefficient (Wildman–Crippen LogP) is 3.67. The summed E-state index contributed by atoms with van der Waals surface area (Å²) in [7, 11) is -1.51. The highest BCUT2D eigenvalue weighted by Gasteiger charge is 2.33. The van der Waals surface area contributed by atoms with Gasteiger partial charge < -0.3 is 4.90 Å². The molecule has 1 fully saturated rings. The molecule has 1 atom stereocenters. The van der Waals surface area contributed by atoms with Crippen molar-refractivity contribution in [2.75, 3.05) is 18.6 Å². The molecule has 0 N–H and O–H groups in total. The molecular formula is C20H19ClFNO3S. The number of carbonyl (C=O) groups is 1. The van der Waals surface area contributed by atoms with Crippen LogP contribution in [-0.4, -0.2) is 43.8 Å². The zero-order valence-corrected chi connectivity index (χ0v) is 16.3. The summed E-state index contributed by atoms with van der Waals surface area (Å²) in [6, 6.07) is 12.3. The number of benzene rings is 2. The predicted molar refractivity (Wildman–Crippen MR) is 106 cm³/mol. The van der Waals surface area contributed by atoms with E-state index >= 15 is 0 Å². The number of carbonyl (C=O) groups excluding carboxylic acids is 1. The maximum atomic E-state index is 13.3. The summed E-state index contributed by atoms with van der Waals surface area (Å²) >= 11 is 5.91. The molecule has 0 saturated carbocycles. The molecule has 1 heterocycles. The van der Waals surface area contributed by atoms with E-state index in [9.17, 15) is 17.6 Å². The second-order valence-electron chi connectivity index (χ2n) is 6.59. The summed E-state index contributed by atoms with van der Waals surface area (Å²) in [6.07, 6.45) is 2.12. The number of amides is 1. The lowest BCUT2D eigenvalue weighted by Gasteiger charge is -2.25. The number of hydrogen-bond donors (Lipinski definition) is 0. The van der Waals surface area contributed by atoms with Crippen molar-refractivity contribution in [2.24, 2.45) is 0 Å². The van der Waals surface area contributed by atoms with Crippen LogP contribution in [0.3, 0.4) is 0 Å². The third kappa shape index (κ3) is 4.76. The summed E-state index contributed by atoms with van der Waals surface area (Å²) in [5, 5.41) is 0.579. The largest absolute Gasteiger partial charge is 0.338 e. The summed E-state index contributed by atoms with van der Waals surface area (Å²) in [4.78, 5) is 14.6. The van der Waals surface area contributed by atoms with Gasteiger partial charge in [-0.05, 0) is 47.9 Å². The Morgan fingerprint density at radius 3 is 2.33 bits per heavy atom. The molecule has 0 spiro atoms. The average Bonchev–Trinajstić information content (AvgIpc) is 3.01. The van der Waals surface area contributed by atoms with E-state index < -0.39 is 15.7 Å². The van der Waals surface area contributed by atoms with E-state index in [-0.39, 0.29) is 23.5 Å². The van der Waals surface area contributed by atoms with Crippen molar-refractivity contribution < 1.29 is 17.6 Å². The highest BCUT2D eigenvalue weighted by atomic mass is 35.5. The third-order valence-corrected chi connectivity index (χ3v) is 6.65. The van der Waals surface area contributed by atoms with E-state index in [4.69, 9.17) is 11.6 Å². The first-order valence-electron chi connectivity index (χ1n) is 8.46. The molecule has 0 radical (unpaired) electrons. The van der Waals surface area contributed by atoms with E-state index in [0.29, 0.717) is 22.6 Å². The molecule has 0 aliphatic carbocycles. The fourth-order valence-electron chi connectivity index (χ4n) is 3.06. The van der Waals surface area contributed by atoms with Crippen molar-refractivity contribution in [3.8, 4) is 0 Å². The first kappa shape index (κ1) is 19.6. The van der Waals surface area contributed by atoms with Crippen LogP contribution in [0, 0.1) is 5.82 Å². The van der Waals surface area contributed by atoms with Gasteiger partial charge in [0, 0.05) is 23.7 Å². The second kappa shape index (κ2) is 7.82. The Hall–Kier alpha value is -2.18. The van der Waals surface area contributed by atoms with E-state index in [2.05, 4.69) is 0 Å². The van der Waals surface area contributed by atoms with Crippen LogP contribution in [0.1, 0.15) is 17.5 Å².